The fourth-order valence-electron chi connectivity index (χ4n) is 5.32. The predicted octanol–water partition coefficient (Wildman–Crippen LogP) is 6.58. The minimum absolute atomic E-state index is 0.00721. The number of esters is 1. The summed E-state index contributed by atoms with van der Waals surface area (Å²) in [5.74, 6) is -0.409. The number of carbonyl (C=O) groups excluding carboxylic acids is 2. The van der Waals surface area contributed by atoms with Gasteiger partial charge in [-0.3, -0.25) is 9.59 Å². The number of rotatable bonds is 8. The van der Waals surface area contributed by atoms with Crippen molar-refractivity contribution in [1.29, 1.82) is 0 Å². The third-order valence-corrected chi connectivity index (χ3v) is 8.88. The van der Waals surface area contributed by atoms with Crippen LogP contribution in [0.25, 0.3) is 10.2 Å². The number of aromatic nitrogens is 1. The fraction of sp³-hybridized carbons (Fsp3) is 0.464. The van der Waals surface area contributed by atoms with Gasteiger partial charge in [0.2, 0.25) is 5.91 Å². The Morgan fingerprint density at radius 1 is 1.15 bits per heavy atom. The largest absolute Gasteiger partial charge is 0.469 e. The highest BCUT2D eigenvalue weighted by molar-refractivity contribution is 7.22. The van der Waals surface area contributed by atoms with Crippen LogP contribution >= 0.6 is 34.5 Å². The number of methoxy groups -OCH3 is 1. The first kappa shape index (κ1) is 28.1. The van der Waals surface area contributed by atoms with E-state index in [1.54, 1.807) is 17.0 Å². The van der Waals surface area contributed by atoms with E-state index in [1.807, 2.05) is 24.3 Å². The fourth-order valence-corrected chi connectivity index (χ4v) is 6.72. The first-order valence-corrected chi connectivity index (χ1v) is 14.6. The Morgan fingerprint density at radius 2 is 1.95 bits per heavy atom. The zero-order chi connectivity index (χ0) is 27.5. The van der Waals surface area contributed by atoms with Crippen molar-refractivity contribution in [2.45, 2.75) is 56.8 Å². The number of likely N-dealkylation sites (tertiary alicyclic amines) is 1. The minimum Gasteiger partial charge on any atom is -0.469 e. The summed E-state index contributed by atoms with van der Waals surface area (Å²) < 4.78 is 26.2. The monoisotopic (exact) mass is 593 g/mol. The maximum Gasteiger partial charge on any atom is 0.308 e. The SMILES string of the molecule is COC(=O)C1CCC(OC[C@@H]2C[C@H](F)CN2C(=O)Cc2ccc(Nc3nc4ccc(Cl)cc4s3)c(Cl)c2)CC1. The molecule has 208 valence electrons. The highest BCUT2D eigenvalue weighted by Gasteiger charge is 2.36. The number of hydrogen-bond acceptors (Lipinski definition) is 7. The summed E-state index contributed by atoms with van der Waals surface area (Å²) in [5, 5.41) is 5.03. The summed E-state index contributed by atoms with van der Waals surface area (Å²) in [4.78, 5) is 31.1. The quantitative estimate of drug-likeness (QED) is 0.297. The molecule has 0 spiro atoms. The Balaban J connectivity index is 1.16. The molecule has 1 aliphatic heterocycles. The van der Waals surface area contributed by atoms with Gasteiger partial charge in [-0.1, -0.05) is 40.6 Å². The third-order valence-electron chi connectivity index (χ3n) is 7.40. The summed E-state index contributed by atoms with van der Waals surface area (Å²) in [6.45, 7) is 0.355. The molecule has 39 heavy (non-hydrogen) atoms. The van der Waals surface area contributed by atoms with E-state index in [9.17, 15) is 14.0 Å². The number of anilines is 2. The number of amides is 1. The van der Waals surface area contributed by atoms with Crippen molar-refractivity contribution in [2.75, 3.05) is 25.6 Å². The predicted molar refractivity (Wildman–Crippen MR) is 152 cm³/mol. The highest BCUT2D eigenvalue weighted by atomic mass is 35.5. The molecule has 7 nitrogen and oxygen atoms in total. The minimum atomic E-state index is -1.07. The van der Waals surface area contributed by atoms with Gasteiger partial charge >= 0.3 is 5.97 Å². The van der Waals surface area contributed by atoms with Gasteiger partial charge in [0.15, 0.2) is 5.13 Å². The van der Waals surface area contributed by atoms with Crippen LogP contribution in [0.15, 0.2) is 36.4 Å². The van der Waals surface area contributed by atoms with Crippen LogP contribution in [-0.4, -0.2) is 60.3 Å². The van der Waals surface area contributed by atoms with Gasteiger partial charge in [0.1, 0.15) is 6.17 Å². The highest BCUT2D eigenvalue weighted by Crippen LogP contribution is 2.33. The molecule has 1 amide bonds. The molecular formula is C28H30Cl2FN3O4S. The Kier molecular flexibility index (Phi) is 8.91. The van der Waals surface area contributed by atoms with E-state index in [0.717, 1.165) is 41.5 Å². The normalized spacial score (nSPS) is 23.2. The molecule has 1 aromatic heterocycles. The van der Waals surface area contributed by atoms with Gasteiger partial charge in [0.25, 0.3) is 0 Å². The van der Waals surface area contributed by atoms with Crippen LogP contribution in [0.5, 0.6) is 0 Å². The number of fused-ring (bicyclic) bond motifs is 1. The average molecular weight is 595 g/mol. The van der Waals surface area contributed by atoms with Crippen molar-refractivity contribution in [2.24, 2.45) is 5.92 Å². The molecule has 0 bridgehead atoms. The second kappa shape index (κ2) is 12.4. The van der Waals surface area contributed by atoms with E-state index in [1.165, 1.54) is 18.4 Å². The number of alkyl halides is 1. The van der Waals surface area contributed by atoms with Crippen LogP contribution in [0.2, 0.25) is 10.0 Å². The topological polar surface area (TPSA) is 80.8 Å². The number of nitrogens with zero attached hydrogens (tertiary/aromatic N) is 2. The smallest absolute Gasteiger partial charge is 0.308 e. The van der Waals surface area contributed by atoms with Gasteiger partial charge in [-0.2, -0.15) is 0 Å². The van der Waals surface area contributed by atoms with E-state index in [4.69, 9.17) is 32.7 Å². The number of ether oxygens (including phenoxy) is 2. The van der Waals surface area contributed by atoms with E-state index in [-0.39, 0.29) is 55.9 Å². The molecule has 3 aromatic rings. The van der Waals surface area contributed by atoms with Gasteiger partial charge in [-0.05, 0) is 61.6 Å². The molecule has 2 heterocycles. The van der Waals surface area contributed by atoms with Crippen LogP contribution in [0, 0.1) is 5.92 Å². The van der Waals surface area contributed by atoms with E-state index < -0.39 is 6.17 Å². The first-order valence-electron chi connectivity index (χ1n) is 13.0. The maximum atomic E-state index is 14.3. The number of carbonyl (C=O) groups is 2. The van der Waals surface area contributed by atoms with Gasteiger partial charge in [-0.15, -0.1) is 0 Å². The number of halogens is 3. The molecule has 2 atom stereocenters. The second-order valence-corrected chi connectivity index (χ2v) is 12.0. The second-order valence-electron chi connectivity index (χ2n) is 10.1. The zero-order valence-corrected chi connectivity index (χ0v) is 23.8. The molecule has 1 saturated heterocycles. The molecule has 0 radical (unpaired) electrons. The summed E-state index contributed by atoms with van der Waals surface area (Å²) in [6.07, 6.45) is 2.26. The Labute approximate surface area is 240 Å². The van der Waals surface area contributed by atoms with Crippen molar-refractivity contribution in [3.05, 3.63) is 52.0 Å². The standard InChI is InChI=1S/C28H30Cl2FN3O4S/c1-37-27(36)17-3-6-21(7-4-17)38-15-20-13-19(31)14-34(20)26(35)11-16-2-8-23(22(30)10-16)32-28-33-24-9-5-18(29)12-25(24)39-28/h2,5,8-10,12,17,19-21H,3-4,6-7,11,13-15H2,1H3,(H,32,33)/t17?,19-,20-,21?/m0/s1. The summed E-state index contributed by atoms with van der Waals surface area (Å²) >= 11 is 14.1. The van der Waals surface area contributed by atoms with Gasteiger partial charge in [0, 0.05) is 11.4 Å². The molecule has 2 aliphatic rings. The Bertz CT molecular complexity index is 1350. The number of thiazole rings is 1. The Hall–Kier alpha value is -2.46. The molecular weight excluding hydrogens is 564 g/mol. The van der Waals surface area contributed by atoms with Gasteiger partial charge in [0.05, 0.1) is 65.7 Å². The lowest BCUT2D eigenvalue weighted by Gasteiger charge is -2.30. The molecule has 2 aromatic carbocycles. The average Bonchev–Trinajstić information content (AvgIpc) is 3.50. The summed E-state index contributed by atoms with van der Waals surface area (Å²) in [7, 11) is 1.41. The molecule has 5 rings (SSSR count). The van der Waals surface area contributed by atoms with Crippen molar-refractivity contribution in [1.82, 2.24) is 9.88 Å². The van der Waals surface area contributed by atoms with Crippen LogP contribution in [0.1, 0.15) is 37.7 Å². The van der Waals surface area contributed by atoms with Crippen LogP contribution in [0.4, 0.5) is 15.2 Å². The third kappa shape index (κ3) is 6.82. The molecule has 2 fully saturated rings. The number of hydrogen-bond donors (Lipinski definition) is 1. The van der Waals surface area contributed by atoms with E-state index in [2.05, 4.69) is 10.3 Å². The lowest BCUT2D eigenvalue weighted by molar-refractivity contribution is -0.148. The van der Waals surface area contributed by atoms with Crippen LogP contribution in [0.3, 0.4) is 0 Å². The Morgan fingerprint density at radius 3 is 2.69 bits per heavy atom. The van der Waals surface area contributed by atoms with Crippen molar-refractivity contribution in [3.8, 4) is 0 Å². The van der Waals surface area contributed by atoms with Crippen molar-refractivity contribution in [3.63, 3.8) is 0 Å². The van der Waals surface area contributed by atoms with Gasteiger partial charge in [-0.25, -0.2) is 9.37 Å². The zero-order valence-electron chi connectivity index (χ0n) is 21.5. The summed E-state index contributed by atoms with van der Waals surface area (Å²) in [6, 6.07) is 10.6. The summed E-state index contributed by atoms with van der Waals surface area (Å²) in [5.41, 5.74) is 2.26. The molecule has 11 heteroatoms. The molecule has 1 aliphatic carbocycles. The number of benzene rings is 2. The van der Waals surface area contributed by atoms with Crippen LogP contribution in [-0.2, 0) is 25.5 Å². The molecule has 1 N–H and O–H groups in total. The maximum absolute atomic E-state index is 14.3. The first-order chi connectivity index (χ1) is 18.8. The van der Waals surface area contributed by atoms with Crippen molar-refractivity contribution < 1.29 is 23.5 Å². The van der Waals surface area contributed by atoms with Gasteiger partial charge < -0.3 is 19.7 Å². The van der Waals surface area contributed by atoms with Crippen molar-refractivity contribution >= 4 is 67.5 Å². The van der Waals surface area contributed by atoms with Crippen LogP contribution < -0.4 is 5.32 Å². The van der Waals surface area contributed by atoms with E-state index >= 15 is 0 Å². The lowest BCUT2D eigenvalue weighted by atomic mass is 9.87. The number of nitrogens with one attached hydrogen (secondary N) is 1. The lowest BCUT2D eigenvalue weighted by Crippen LogP contribution is -2.40. The molecule has 0 unspecified atom stereocenters. The van der Waals surface area contributed by atoms with E-state index in [0.29, 0.717) is 20.9 Å². The molecule has 1 saturated carbocycles.